The lowest BCUT2D eigenvalue weighted by molar-refractivity contribution is -0.221. The molecule has 74 valence electrons. The Labute approximate surface area is 81.6 Å². The predicted molar refractivity (Wildman–Crippen MR) is 49.7 cm³/mol. The van der Waals surface area contributed by atoms with Crippen LogP contribution in [0, 0.1) is 0 Å². The van der Waals surface area contributed by atoms with Crippen molar-refractivity contribution < 1.29 is 19.2 Å². The first kappa shape index (κ1) is 8.90. The number of rotatable bonds is 3. The summed E-state index contributed by atoms with van der Waals surface area (Å²) in [7, 11) is 1.44. The molecule has 4 nitrogen and oxygen atoms in total. The van der Waals surface area contributed by atoms with Gasteiger partial charge >= 0.3 is 0 Å². The summed E-state index contributed by atoms with van der Waals surface area (Å²) in [5, 5.41) is 0. The van der Waals surface area contributed by atoms with Crippen LogP contribution in [0.15, 0.2) is 24.5 Å². The Morgan fingerprint density at radius 1 is 1.36 bits per heavy atom. The second-order valence-electron chi connectivity index (χ2n) is 2.65. The van der Waals surface area contributed by atoms with Crippen molar-refractivity contribution in [2.24, 2.45) is 0 Å². The lowest BCUT2D eigenvalue weighted by Gasteiger charge is -1.99. The first-order valence-electron chi connectivity index (χ1n) is 4.16. The molecule has 0 radical (unpaired) electrons. The molecule has 0 aliphatic carbocycles. The van der Waals surface area contributed by atoms with E-state index in [9.17, 15) is 0 Å². The van der Waals surface area contributed by atoms with Crippen LogP contribution in [0.3, 0.4) is 0 Å². The van der Waals surface area contributed by atoms with Gasteiger partial charge in [0.2, 0.25) is 6.79 Å². The van der Waals surface area contributed by atoms with Crippen LogP contribution < -0.4 is 9.47 Å². The average Bonchev–Trinajstić information content (AvgIpc) is 2.67. The Morgan fingerprint density at radius 2 is 2.29 bits per heavy atom. The highest BCUT2D eigenvalue weighted by atomic mass is 17.2. The van der Waals surface area contributed by atoms with Crippen LogP contribution in [0.25, 0.3) is 6.08 Å². The Bertz CT molecular complexity index is 346. The zero-order valence-electron chi connectivity index (χ0n) is 7.73. The van der Waals surface area contributed by atoms with Crippen molar-refractivity contribution in [1.82, 2.24) is 0 Å². The minimum Gasteiger partial charge on any atom is -0.454 e. The third kappa shape index (κ3) is 1.65. The summed E-state index contributed by atoms with van der Waals surface area (Å²) < 4.78 is 10.5. The topological polar surface area (TPSA) is 36.9 Å². The van der Waals surface area contributed by atoms with E-state index in [2.05, 4.69) is 9.78 Å². The number of hydrogen-bond donors (Lipinski definition) is 0. The van der Waals surface area contributed by atoms with Gasteiger partial charge in [-0.05, 0) is 12.1 Å². The predicted octanol–water partition coefficient (Wildman–Crippen LogP) is 1.96. The highest BCUT2D eigenvalue weighted by Gasteiger charge is 2.15. The van der Waals surface area contributed by atoms with Crippen molar-refractivity contribution in [3.05, 3.63) is 30.0 Å². The summed E-state index contributed by atoms with van der Waals surface area (Å²) >= 11 is 0. The third-order valence-corrected chi connectivity index (χ3v) is 1.83. The standard InChI is InChI=1S/C10H10O4/c1-11-14-6-5-8-3-2-4-9-10(8)13-7-12-9/h2-6H,7H2,1H3/b6-5+. The molecule has 2 rings (SSSR count). The lowest BCUT2D eigenvalue weighted by Crippen LogP contribution is -1.93. The van der Waals surface area contributed by atoms with Crippen molar-refractivity contribution >= 4 is 6.08 Å². The van der Waals surface area contributed by atoms with Gasteiger partial charge in [-0.25, -0.2) is 0 Å². The zero-order chi connectivity index (χ0) is 9.80. The number of hydrogen-bond acceptors (Lipinski definition) is 4. The van der Waals surface area contributed by atoms with Crippen molar-refractivity contribution in [2.75, 3.05) is 13.9 Å². The first-order chi connectivity index (χ1) is 6.92. The molecule has 1 heterocycles. The lowest BCUT2D eigenvalue weighted by atomic mass is 10.2. The van der Waals surface area contributed by atoms with E-state index in [0.29, 0.717) is 0 Å². The quantitative estimate of drug-likeness (QED) is 0.418. The molecule has 0 saturated carbocycles. The van der Waals surface area contributed by atoms with Crippen LogP contribution in [0.5, 0.6) is 11.5 Å². The molecule has 1 aliphatic heterocycles. The number of fused-ring (bicyclic) bond motifs is 1. The van der Waals surface area contributed by atoms with Gasteiger partial charge in [-0.15, -0.1) is 0 Å². The summed E-state index contributed by atoms with van der Waals surface area (Å²) in [5.41, 5.74) is 0.900. The van der Waals surface area contributed by atoms with Crippen LogP contribution in [0.2, 0.25) is 0 Å². The minimum absolute atomic E-state index is 0.269. The van der Waals surface area contributed by atoms with Gasteiger partial charge in [-0.3, -0.25) is 0 Å². The van der Waals surface area contributed by atoms with E-state index < -0.39 is 0 Å². The third-order valence-electron chi connectivity index (χ3n) is 1.83. The second kappa shape index (κ2) is 4.02. The molecule has 0 saturated heterocycles. The van der Waals surface area contributed by atoms with Crippen LogP contribution >= 0.6 is 0 Å². The molecule has 0 fully saturated rings. The van der Waals surface area contributed by atoms with Gasteiger partial charge in [0, 0.05) is 5.56 Å². The first-order valence-corrected chi connectivity index (χ1v) is 4.16. The van der Waals surface area contributed by atoms with Gasteiger partial charge in [-0.1, -0.05) is 12.1 Å². The molecule has 4 heteroatoms. The molecule has 0 aromatic heterocycles. The maximum Gasteiger partial charge on any atom is 0.231 e. The molecule has 1 aliphatic rings. The monoisotopic (exact) mass is 194 g/mol. The molecule has 0 amide bonds. The van der Waals surface area contributed by atoms with Crippen LogP contribution in [-0.4, -0.2) is 13.9 Å². The molecular weight excluding hydrogens is 184 g/mol. The molecule has 1 aromatic rings. The van der Waals surface area contributed by atoms with Crippen molar-refractivity contribution in [3.8, 4) is 11.5 Å². The second-order valence-corrected chi connectivity index (χ2v) is 2.65. The SMILES string of the molecule is COO/C=C/c1cccc2c1OCO2. The minimum atomic E-state index is 0.269. The van der Waals surface area contributed by atoms with Crippen molar-refractivity contribution in [1.29, 1.82) is 0 Å². The normalized spacial score (nSPS) is 13.5. The summed E-state index contributed by atoms with van der Waals surface area (Å²) in [6.45, 7) is 0.269. The van der Waals surface area contributed by atoms with Crippen LogP contribution in [0.1, 0.15) is 5.56 Å². The Morgan fingerprint density at radius 3 is 3.14 bits per heavy atom. The summed E-state index contributed by atoms with van der Waals surface area (Å²) in [6.07, 6.45) is 3.19. The van der Waals surface area contributed by atoms with E-state index >= 15 is 0 Å². The van der Waals surface area contributed by atoms with Crippen LogP contribution in [0.4, 0.5) is 0 Å². The van der Waals surface area contributed by atoms with Gasteiger partial charge < -0.3 is 14.4 Å². The number of para-hydroxylation sites is 1. The van der Waals surface area contributed by atoms with Crippen molar-refractivity contribution in [3.63, 3.8) is 0 Å². The molecule has 0 bridgehead atoms. The van der Waals surface area contributed by atoms with Crippen LogP contribution in [-0.2, 0) is 9.78 Å². The van der Waals surface area contributed by atoms with Gasteiger partial charge in [0.25, 0.3) is 0 Å². The zero-order valence-corrected chi connectivity index (χ0v) is 7.73. The molecule has 0 spiro atoms. The smallest absolute Gasteiger partial charge is 0.231 e. The Kier molecular flexibility index (Phi) is 2.55. The van der Waals surface area contributed by atoms with E-state index in [4.69, 9.17) is 9.47 Å². The summed E-state index contributed by atoms with van der Waals surface area (Å²) in [4.78, 5) is 9.04. The van der Waals surface area contributed by atoms with Gasteiger partial charge in [0.15, 0.2) is 11.5 Å². The molecule has 0 unspecified atom stereocenters. The summed E-state index contributed by atoms with van der Waals surface area (Å²) in [6, 6.07) is 5.65. The van der Waals surface area contributed by atoms with E-state index in [1.807, 2.05) is 18.2 Å². The van der Waals surface area contributed by atoms with Crippen molar-refractivity contribution in [2.45, 2.75) is 0 Å². The van der Waals surface area contributed by atoms with Gasteiger partial charge in [0.1, 0.15) is 6.26 Å². The van der Waals surface area contributed by atoms with Gasteiger partial charge in [-0.2, -0.15) is 4.89 Å². The van der Waals surface area contributed by atoms with E-state index in [1.54, 1.807) is 6.08 Å². The Hall–Kier alpha value is -1.68. The summed E-state index contributed by atoms with van der Waals surface area (Å²) in [5.74, 6) is 1.49. The molecule has 14 heavy (non-hydrogen) atoms. The van der Waals surface area contributed by atoms with Gasteiger partial charge in [0.05, 0.1) is 7.11 Å². The van der Waals surface area contributed by atoms with E-state index in [-0.39, 0.29) is 6.79 Å². The molecular formula is C10H10O4. The number of benzene rings is 1. The Balaban J connectivity index is 2.22. The van der Waals surface area contributed by atoms with E-state index in [0.717, 1.165) is 17.1 Å². The fraction of sp³-hybridized carbons (Fsp3) is 0.200. The number of ether oxygens (including phenoxy) is 2. The fourth-order valence-corrected chi connectivity index (χ4v) is 1.24. The molecule has 1 aromatic carbocycles. The molecule has 0 atom stereocenters. The fourth-order valence-electron chi connectivity index (χ4n) is 1.24. The highest BCUT2D eigenvalue weighted by molar-refractivity contribution is 5.62. The van der Waals surface area contributed by atoms with E-state index in [1.165, 1.54) is 13.4 Å². The maximum atomic E-state index is 5.29. The largest absolute Gasteiger partial charge is 0.454 e. The maximum absolute atomic E-state index is 5.29. The highest BCUT2D eigenvalue weighted by Crippen LogP contribution is 2.35. The molecule has 0 N–H and O–H groups in total. The average molecular weight is 194 g/mol.